The number of benzene rings is 1. The van der Waals surface area contributed by atoms with Crippen LogP contribution in [0.4, 0.5) is 18.9 Å². The van der Waals surface area contributed by atoms with Crippen LogP contribution in [-0.4, -0.2) is 66.9 Å². The maximum atomic E-state index is 13.0. The lowest BCUT2D eigenvalue weighted by molar-refractivity contribution is -0.137. The van der Waals surface area contributed by atoms with Gasteiger partial charge in [-0.3, -0.25) is 19.4 Å². The number of anilines is 1. The molecule has 1 heterocycles. The molecule has 2 aliphatic rings. The summed E-state index contributed by atoms with van der Waals surface area (Å²) in [7, 11) is 0. The second-order valence-corrected chi connectivity index (χ2v) is 9.64. The minimum Gasteiger partial charge on any atom is -0.352 e. The van der Waals surface area contributed by atoms with E-state index in [1.165, 1.54) is 12.5 Å². The number of nitrogens with zero attached hydrogens (tertiary/aromatic N) is 2. The molecule has 1 aliphatic heterocycles. The van der Waals surface area contributed by atoms with Crippen LogP contribution < -0.4 is 10.6 Å². The number of hydrogen-bond acceptors (Lipinski definition) is 4. The van der Waals surface area contributed by atoms with E-state index in [0.29, 0.717) is 44.6 Å². The van der Waals surface area contributed by atoms with Crippen LogP contribution >= 0.6 is 11.6 Å². The average molecular weight is 489 g/mol. The van der Waals surface area contributed by atoms with Crippen molar-refractivity contribution in [2.75, 3.05) is 44.6 Å². The van der Waals surface area contributed by atoms with E-state index in [2.05, 4.69) is 29.4 Å². The standard InChI is InChI=1S/C23H32ClF3N4O2/c1-15-4-3-5-20(16(15)2)29-22(33)14-31-10-8-30(9-11-31)13-21(32)28-17-6-7-19(24)18(12-17)23(25,26)27/h6-7,12,15-16,20H,3-5,8-11,13-14H2,1-2H3,(H,28,32)(H,29,33)/t15-,16+,20-/m0/s1. The first-order valence-electron chi connectivity index (χ1n) is 11.4. The summed E-state index contributed by atoms with van der Waals surface area (Å²) < 4.78 is 39.0. The maximum absolute atomic E-state index is 13.0. The van der Waals surface area contributed by atoms with Crippen molar-refractivity contribution in [2.45, 2.75) is 45.3 Å². The molecule has 0 unspecified atom stereocenters. The van der Waals surface area contributed by atoms with Crippen LogP contribution in [0.3, 0.4) is 0 Å². The summed E-state index contributed by atoms with van der Waals surface area (Å²) in [4.78, 5) is 28.8. The van der Waals surface area contributed by atoms with Crippen molar-refractivity contribution in [3.63, 3.8) is 0 Å². The molecule has 2 amide bonds. The van der Waals surface area contributed by atoms with Crippen molar-refractivity contribution in [2.24, 2.45) is 11.8 Å². The first-order chi connectivity index (χ1) is 15.5. The predicted octanol–water partition coefficient (Wildman–Crippen LogP) is 3.86. The van der Waals surface area contributed by atoms with Crippen LogP contribution in [-0.2, 0) is 15.8 Å². The lowest BCUT2D eigenvalue weighted by Crippen LogP contribution is -2.52. The van der Waals surface area contributed by atoms with E-state index in [-0.39, 0.29) is 24.2 Å². The Balaban J connectivity index is 1.41. The third-order valence-corrected chi connectivity index (χ3v) is 7.14. The molecule has 2 N–H and O–H groups in total. The van der Waals surface area contributed by atoms with Crippen LogP contribution in [0.15, 0.2) is 18.2 Å². The van der Waals surface area contributed by atoms with Gasteiger partial charge in [0, 0.05) is 37.9 Å². The first kappa shape index (κ1) is 25.8. The van der Waals surface area contributed by atoms with E-state index in [1.807, 2.05) is 4.90 Å². The molecular formula is C23H32ClF3N4O2. The summed E-state index contributed by atoms with van der Waals surface area (Å²) in [5.41, 5.74) is -0.927. The number of amides is 2. The third kappa shape index (κ3) is 7.32. The summed E-state index contributed by atoms with van der Waals surface area (Å²) >= 11 is 5.62. The summed E-state index contributed by atoms with van der Waals surface area (Å²) in [5, 5.41) is 5.29. The molecule has 1 aromatic rings. The molecule has 33 heavy (non-hydrogen) atoms. The number of rotatable bonds is 6. The molecule has 1 saturated carbocycles. The van der Waals surface area contributed by atoms with Crippen molar-refractivity contribution in [3.05, 3.63) is 28.8 Å². The zero-order valence-corrected chi connectivity index (χ0v) is 19.8. The number of hydrogen-bond donors (Lipinski definition) is 2. The molecule has 0 radical (unpaired) electrons. The van der Waals surface area contributed by atoms with Crippen LogP contribution in [0.2, 0.25) is 5.02 Å². The molecule has 2 fully saturated rings. The van der Waals surface area contributed by atoms with Crippen molar-refractivity contribution in [1.82, 2.24) is 15.1 Å². The molecule has 3 atom stereocenters. The van der Waals surface area contributed by atoms with Gasteiger partial charge in [-0.15, -0.1) is 0 Å². The van der Waals surface area contributed by atoms with Gasteiger partial charge >= 0.3 is 6.18 Å². The fourth-order valence-corrected chi connectivity index (χ4v) is 4.80. The van der Waals surface area contributed by atoms with E-state index in [0.717, 1.165) is 25.0 Å². The van der Waals surface area contributed by atoms with Crippen LogP contribution in [0.1, 0.15) is 38.7 Å². The van der Waals surface area contributed by atoms with Gasteiger partial charge in [-0.25, -0.2) is 0 Å². The molecule has 0 bridgehead atoms. The topological polar surface area (TPSA) is 64.7 Å². The highest BCUT2D eigenvalue weighted by molar-refractivity contribution is 6.31. The van der Waals surface area contributed by atoms with Gasteiger partial charge in [0.15, 0.2) is 0 Å². The normalized spacial score (nSPS) is 25.0. The summed E-state index contributed by atoms with van der Waals surface area (Å²) in [6.45, 7) is 7.35. The molecule has 0 spiro atoms. The van der Waals surface area contributed by atoms with E-state index >= 15 is 0 Å². The second-order valence-electron chi connectivity index (χ2n) is 9.23. The Morgan fingerprint density at radius 2 is 1.64 bits per heavy atom. The Morgan fingerprint density at radius 3 is 2.24 bits per heavy atom. The number of piperazine rings is 1. The highest BCUT2D eigenvalue weighted by Gasteiger charge is 2.33. The quantitative estimate of drug-likeness (QED) is 0.638. The zero-order chi connectivity index (χ0) is 24.2. The lowest BCUT2D eigenvalue weighted by atomic mass is 9.78. The summed E-state index contributed by atoms with van der Waals surface area (Å²) in [5.74, 6) is 0.741. The third-order valence-electron chi connectivity index (χ3n) is 6.81. The van der Waals surface area contributed by atoms with E-state index in [1.54, 1.807) is 0 Å². The first-order valence-corrected chi connectivity index (χ1v) is 11.8. The van der Waals surface area contributed by atoms with E-state index in [9.17, 15) is 22.8 Å². The van der Waals surface area contributed by atoms with Gasteiger partial charge in [0.2, 0.25) is 11.8 Å². The van der Waals surface area contributed by atoms with Crippen molar-refractivity contribution < 1.29 is 22.8 Å². The van der Waals surface area contributed by atoms with Gasteiger partial charge in [-0.1, -0.05) is 38.3 Å². The molecule has 6 nitrogen and oxygen atoms in total. The van der Waals surface area contributed by atoms with Gasteiger partial charge in [0.1, 0.15) is 0 Å². The number of carbonyl (C=O) groups is 2. The smallest absolute Gasteiger partial charge is 0.352 e. The molecule has 3 rings (SSSR count). The van der Waals surface area contributed by atoms with Gasteiger partial charge in [-0.05, 0) is 36.5 Å². The fraction of sp³-hybridized carbons (Fsp3) is 0.652. The molecule has 1 aromatic carbocycles. The Labute approximate surface area is 197 Å². The van der Waals surface area contributed by atoms with Crippen molar-refractivity contribution >= 4 is 29.1 Å². The Bertz CT molecular complexity index is 843. The van der Waals surface area contributed by atoms with Crippen molar-refractivity contribution in [3.8, 4) is 0 Å². The highest BCUT2D eigenvalue weighted by atomic mass is 35.5. The average Bonchev–Trinajstić information content (AvgIpc) is 2.73. The predicted molar refractivity (Wildman–Crippen MR) is 122 cm³/mol. The molecule has 1 aliphatic carbocycles. The Morgan fingerprint density at radius 1 is 1.03 bits per heavy atom. The van der Waals surface area contributed by atoms with E-state index in [4.69, 9.17) is 11.6 Å². The van der Waals surface area contributed by atoms with Gasteiger partial charge in [0.25, 0.3) is 0 Å². The Kier molecular flexibility index (Phi) is 8.64. The van der Waals surface area contributed by atoms with Crippen LogP contribution in [0.25, 0.3) is 0 Å². The van der Waals surface area contributed by atoms with E-state index < -0.39 is 22.7 Å². The van der Waals surface area contributed by atoms with Crippen LogP contribution in [0, 0.1) is 11.8 Å². The highest BCUT2D eigenvalue weighted by Crippen LogP contribution is 2.36. The SMILES string of the molecule is C[C@H]1[C@@H](NC(=O)CN2CCN(CC(=O)Nc3ccc(Cl)c(C(F)(F)F)c3)CC2)CCC[C@@H]1C. The summed E-state index contributed by atoms with van der Waals surface area (Å²) in [6, 6.07) is 3.54. The molecule has 10 heteroatoms. The fourth-order valence-electron chi connectivity index (χ4n) is 4.57. The van der Waals surface area contributed by atoms with Gasteiger partial charge in [0.05, 0.1) is 23.7 Å². The van der Waals surface area contributed by atoms with Crippen molar-refractivity contribution in [1.29, 1.82) is 0 Å². The summed E-state index contributed by atoms with van der Waals surface area (Å²) in [6.07, 6.45) is -1.21. The largest absolute Gasteiger partial charge is 0.417 e. The van der Waals surface area contributed by atoms with Gasteiger partial charge < -0.3 is 10.6 Å². The number of carbonyl (C=O) groups excluding carboxylic acids is 2. The lowest BCUT2D eigenvalue weighted by Gasteiger charge is -2.36. The maximum Gasteiger partial charge on any atom is 0.417 e. The molecule has 0 aromatic heterocycles. The molecular weight excluding hydrogens is 457 g/mol. The van der Waals surface area contributed by atoms with Crippen LogP contribution in [0.5, 0.6) is 0 Å². The Hall–Kier alpha value is -1.84. The van der Waals surface area contributed by atoms with Gasteiger partial charge in [-0.2, -0.15) is 13.2 Å². The zero-order valence-electron chi connectivity index (χ0n) is 19.1. The minimum absolute atomic E-state index is 0.0374. The number of alkyl halides is 3. The monoisotopic (exact) mass is 488 g/mol. The molecule has 1 saturated heterocycles. The second kappa shape index (κ2) is 11.1. The number of nitrogens with one attached hydrogen (secondary N) is 2. The number of halogens is 4. The molecule has 184 valence electrons. The minimum atomic E-state index is -4.59.